The number of amides is 2. The maximum Gasteiger partial charge on any atom is 0.408 e. The molecule has 2 unspecified atom stereocenters. The molecule has 0 saturated heterocycles. The summed E-state index contributed by atoms with van der Waals surface area (Å²) in [4.78, 5) is 37.3. The van der Waals surface area contributed by atoms with Crippen LogP contribution in [0.15, 0.2) is 60.7 Å². The molecule has 0 spiro atoms. The zero-order valence-corrected chi connectivity index (χ0v) is 19.5. The van der Waals surface area contributed by atoms with Crippen molar-refractivity contribution in [3.05, 3.63) is 71.8 Å². The fourth-order valence-electron chi connectivity index (χ4n) is 2.73. The molecule has 0 saturated carbocycles. The van der Waals surface area contributed by atoms with Crippen molar-refractivity contribution in [3.8, 4) is 0 Å². The van der Waals surface area contributed by atoms with Crippen LogP contribution < -0.4 is 10.6 Å². The molecule has 0 radical (unpaired) electrons. The van der Waals surface area contributed by atoms with Crippen molar-refractivity contribution < 1.29 is 28.6 Å². The molecule has 0 aliphatic heterocycles. The number of carbonyl (C=O) groups excluding carboxylic acids is 3. The zero-order valence-electron chi connectivity index (χ0n) is 19.5. The number of benzene rings is 2. The van der Waals surface area contributed by atoms with E-state index in [9.17, 15) is 14.4 Å². The van der Waals surface area contributed by atoms with Crippen molar-refractivity contribution in [2.45, 2.75) is 58.6 Å². The molecular formula is C25H32N2O6. The maximum absolute atomic E-state index is 12.8. The van der Waals surface area contributed by atoms with Gasteiger partial charge in [-0.15, -0.1) is 0 Å². The largest absolute Gasteiger partial charge is 0.459 e. The lowest BCUT2D eigenvalue weighted by atomic mass is 10.2. The van der Waals surface area contributed by atoms with E-state index in [0.29, 0.717) is 0 Å². The molecule has 2 N–H and O–H groups in total. The quantitative estimate of drug-likeness (QED) is 0.532. The molecule has 0 heterocycles. The summed E-state index contributed by atoms with van der Waals surface area (Å²) in [6.07, 6.45) is -0.759. The van der Waals surface area contributed by atoms with Gasteiger partial charge in [-0.05, 0) is 38.8 Å². The highest BCUT2D eigenvalue weighted by Gasteiger charge is 2.27. The van der Waals surface area contributed by atoms with E-state index in [-0.39, 0.29) is 19.8 Å². The third-order valence-electron chi connectivity index (χ3n) is 4.34. The number of hydrogen-bond donors (Lipinski definition) is 2. The van der Waals surface area contributed by atoms with Crippen molar-refractivity contribution in [2.75, 3.05) is 6.61 Å². The highest BCUT2D eigenvalue weighted by molar-refractivity contribution is 5.89. The van der Waals surface area contributed by atoms with E-state index < -0.39 is 35.7 Å². The molecule has 0 aromatic heterocycles. The SMILES string of the molecule is CC(NC(=O)C(COCc1ccccc1)NC(=O)OC(C)(C)C)C(=O)OCc1ccccc1. The van der Waals surface area contributed by atoms with Crippen LogP contribution in [0.3, 0.4) is 0 Å². The number of carbonyl (C=O) groups is 3. The van der Waals surface area contributed by atoms with Gasteiger partial charge in [0, 0.05) is 0 Å². The van der Waals surface area contributed by atoms with Crippen molar-refractivity contribution in [2.24, 2.45) is 0 Å². The number of alkyl carbamates (subject to hydrolysis) is 1. The molecule has 2 rings (SSSR count). The molecule has 8 nitrogen and oxygen atoms in total. The Morgan fingerprint density at radius 2 is 1.39 bits per heavy atom. The molecule has 2 atom stereocenters. The Morgan fingerprint density at radius 1 is 0.848 bits per heavy atom. The summed E-state index contributed by atoms with van der Waals surface area (Å²) in [5, 5.41) is 5.08. The topological polar surface area (TPSA) is 103 Å². The summed E-state index contributed by atoms with van der Waals surface area (Å²) < 4.78 is 16.1. The maximum atomic E-state index is 12.8. The monoisotopic (exact) mass is 456 g/mol. The van der Waals surface area contributed by atoms with Crippen LogP contribution in [-0.4, -0.2) is 42.3 Å². The summed E-state index contributed by atoms with van der Waals surface area (Å²) in [6.45, 7) is 6.93. The van der Waals surface area contributed by atoms with Gasteiger partial charge in [0.2, 0.25) is 5.91 Å². The third-order valence-corrected chi connectivity index (χ3v) is 4.34. The first kappa shape index (κ1) is 25.9. The van der Waals surface area contributed by atoms with Crippen molar-refractivity contribution in [3.63, 3.8) is 0 Å². The van der Waals surface area contributed by atoms with Gasteiger partial charge >= 0.3 is 12.1 Å². The van der Waals surface area contributed by atoms with Gasteiger partial charge in [0.15, 0.2) is 0 Å². The molecule has 8 heteroatoms. The number of nitrogens with one attached hydrogen (secondary N) is 2. The van der Waals surface area contributed by atoms with Gasteiger partial charge in [-0.25, -0.2) is 9.59 Å². The van der Waals surface area contributed by atoms with Gasteiger partial charge in [-0.3, -0.25) is 4.79 Å². The highest BCUT2D eigenvalue weighted by atomic mass is 16.6. The lowest BCUT2D eigenvalue weighted by molar-refractivity contribution is -0.149. The van der Waals surface area contributed by atoms with Crippen LogP contribution in [-0.2, 0) is 37.0 Å². The fourth-order valence-corrected chi connectivity index (χ4v) is 2.73. The Hall–Kier alpha value is -3.39. The van der Waals surface area contributed by atoms with E-state index in [2.05, 4.69) is 10.6 Å². The molecule has 0 aliphatic rings. The Bertz CT molecular complexity index is 896. The summed E-state index contributed by atoms with van der Waals surface area (Å²) in [6, 6.07) is 16.7. The summed E-state index contributed by atoms with van der Waals surface area (Å²) in [5.74, 6) is -1.17. The predicted molar refractivity (Wildman–Crippen MR) is 123 cm³/mol. The number of ether oxygens (including phenoxy) is 3. The minimum absolute atomic E-state index is 0.0969. The smallest absolute Gasteiger partial charge is 0.408 e. The summed E-state index contributed by atoms with van der Waals surface area (Å²) in [7, 11) is 0. The van der Waals surface area contributed by atoms with Crippen LogP contribution in [0.2, 0.25) is 0 Å². The van der Waals surface area contributed by atoms with Gasteiger partial charge in [-0.1, -0.05) is 60.7 Å². The van der Waals surface area contributed by atoms with E-state index >= 15 is 0 Å². The predicted octanol–water partition coefficient (Wildman–Crippen LogP) is 3.34. The zero-order chi connectivity index (χ0) is 24.3. The third kappa shape index (κ3) is 10.2. The van der Waals surface area contributed by atoms with E-state index in [4.69, 9.17) is 14.2 Å². The second-order valence-corrected chi connectivity index (χ2v) is 8.52. The van der Waals surface area contributed by atoms with E-state index in [1.807, 2.05) is 60.7 Å². The normalized spacial score (nSPS) is 12.8. The first-order valence-electron chi connectivity index (χ1n) is 10.8. The molecule has 0 aliphatic carbocycles. The lowest BCUT2D eigenvalue weighted by Gasteiger charge is -2.24. The van der Waals surface area contributed by atoms with E-state index in [1.54, 1.807) is 20.8 Å². The summed E-state index contributed by atoms with van der Waals surface area (Å²) in [5.41, 5.74) is 1.03. The average molecular weight is 457 g/mol. The Morgan fingerprint density at radius 3 is 1.94 bits per heavy atom. The molecular weight excluding hydrogens is 424 g/mol. The molecule has 2 aromatic carbocycles. The molecule has 0 fully saturated rings. The number of hydrogen-bond acceptors (Lipinski definition) is 6. The second-order valence-electron chi connectivity index (χ2n) is 8.52. The van der Waals surface area contributed by atoms with E-state index in [0.717, 1.165) is 11.1 Å². The van der Waals surface area contributed by atoms with Crippen LogP contribution in [0, 0.1) is 0 Å². The summed E-state index contributed by atoms with van der Waals surface area (Å²) >= 11 is 0. The minimum Gasteiger partial charge on any atom is -0.459 e. The first-order valence-corrected chi connectivity index (χ1v) is 10.8. The Balaban J connectivity index is 1.93. The standard InChI is InChI=1S/C25H32N2O6/c1-18(23(29)32-16-20-13-9-6-10-14-20)26-22(28)21(27-24(30)33-25(2,3)4)17-31-15-19-11-7-5-8-12-19/h5-14,18,21H,15-17H2,1-4H3,(H,26,28)(H,27,30). The van der Waals surface area contributed by atoms with Gasteiger partial charge in [-0.2, -0.15) is 0 Å². The van der Waals surface area contributed by atoms with Gasteiger partial charge in [0.05, 0.1) is 13.2 Å². The molecule has 2 amide bonds. The average Bonchev–Trinajstić information content (AvgIpc) is 2.76. The van der Waals surface area contributed by atoms with Crippen LogP contribution in [0.4, 0.5) is 4.79 Å². The highest BCUT2D eigenvalue weighted by Crippen LogP contribution is 2.08. The minimum atomic E-state index is -1.06. The van der Waals surface area contributed by atoms with Crippen molar-refractivity contribution in [1.82, 2.24) is 10.6 Å². The Labute approximate surface area is 194 Å². The fraction of sp³-hybridized carbons (Fsp3) is 0.400. The molecule has 178 valence electrons. The first-order chi connectivity index (χ1) is 15.6. The van der Waals surface area contributed by atoms with Crippen LogP contribution in [0.25, 0.3) is 0 Å². The number of esters is 1. The molecule has 33 heavy (non-hydrogen) atoms. The Kier molecular flexibility index (Phi) is 9.87. The molecule has 0 bridgehead atoms. The van der Waals surface area contributed by atoms with Gasteiger partial charge in [0.25, 0.3) is 0 Å². The number of rotatable bonds is 10. The van der Waals surface area contributed by atoms with Gasteiger partial charge < -0.3 is 24.8 Å². The van der Waals surface area contributed by atoms with Crippen LogP contribution in [0.1, 0.15) is 38.8 Å². The molecule has 2 aromatic rings. The van der Waals surface area contributed by atoms with E-state index in [1.165, 1.54) is 6.92 Å². The lowest BCUT2D eigenvalue weighted by Crippen LogP contribution is -2.53. The van der Waals surface area contributed by atoms with Gasteiger partial charge in [0.1, 0.15) is 24.3 Å². The van der Waals surface area contributed by atoms with Crippen LogP contribution >= 0.6 is 0 Å². The second kappa shape index (κ2) is 12.6. The van der Waals surface area contributed by atoms with Crippen LogP contribution in [0.5, 0.6) is 0 Å². The van der Waals surface area contributed by atoms with Crippen molar-refractivity contribution in [1.29, 1.82) is 0 Å². The van der Waals surface area contributed by atoms with Crippen molar-refractivity contribution >= 4 is 18.0 Å².